The van der Waals surface area contributed by atoms with Gasteiger partial charge in [-0.05, 0) is 38.1 Å². The van der Waals surface area contributed by atoms with Crippen LogP contribution in [-0.2, 0) is 14.8 Å². The quantitative estimate of drug-likeness (QED) is 0.850. The number of benzene rings is 1. The summed E-state index contributed by atoms with van der Waals surface area (Å²) in [5, 5.41) is 3.34. The van der Waals surface area contributed by atoms with E-state index in [-0.39, 0.29) is 23.0 Å². The molecule has 1 aromatic carbocycles. The van der Waals surface area contributed by atoms with Crippen molar-refractivity contribution in [1.82, 2.24) is 9.62 Å². The lowest BCUT2D eigenvalue weighted by atomic mass is 10.2. The van der Waals surface area contributed by atoms with Crippen LogP contribution in [0.1, 0.15) is 24.2 Å². The number of amidine groups is 1. The summed E-state index contributed by atoms with van der Waals surface area (Å²) in [5.41, 5.74) is 0.401. The van der Waals surface area contributed by atoms with E-state index in [1.54, 1.807) is 0 Å². The van der Waals surface area contributed by atoms with Crippen LogP contribution in [0.5, 0.6) is 0 Å². The van der Waals surface area contributed by atoms with Gasteiger partial charge in [0.2, 0.25) is 10.0 Å². The molecule has 2 aliphatic heterocycles. The zero-order chi connectivity index (χ0) is 18.0. The van der Waals surface area contributed by atoms with Crippen molar-refractivity contribution in [2.45, 2.75) is 31.0 Å². The Hall–Kier alpha value is -1.42. The SMILES string of the molecule is CC1CN(S(=O)(=O)c2ccc(C(=O)NC3=NCCS3)cc2)CC(C)O1. The minimum absolute atomic E-state index is 0.145. The predicted molar refractivity (Wildman–Crippen MR) is 97.4 cm³/mol. The van der Waals surface area contributed by atoms with Gasteiger partial charge in [-0.3, -0.25) is 9.79 Å². The largest absolute Gasteiger partial charge is 0.373 e. The van der Waals surface area contributed by atoms with Gasteiger partial charge in [-0.2, -0.15) is 4.31 Å². The van der Waals surface area contributed by atoms with Crippen LogP contribution in [0.15, 0.2) is 34.2 Å². The molecule has 0 aromatic heterocycles. The van der Waals surface area contributed by atoms with Crippen molar-refractivity contribution in [3.05, 3.63) is 29.8 Å². The van der Waals surface area contributed by atoms with Crippen molar-refractivity contribution in [3.63, 3.8) is 0 Å². The van der Waals surface area contributed by atoms with Crippen molar-refractivity contribution < 1.29 is 17.9 Å². The molecule has 1 N–H and O–H groups in total. The van der Waals surface area contributed by atoms with Crippen LogP contribution in [0.25, 0.3) is 0 Å². The molecule has 9 heteroatoms. The van der Waals surface area contributed by atoms with Crippen LogP contribution in [0, 0.1) is 0 Å². The normalized spacial score (nSPS) is 24.8. The highest BCUT2D eigenvalue weighted by molar-refractivity contribution is 8.14. The topological polar surface area (TPSA) is 88.1 Å². The molecule has 1 fully saturated rings. The second-order valence-electron chi connectivity index (χ2n) is 6.09. The number of nitrogens with zero attached hydrogens (tertiary/aromatic N) is 2. The van der Waals surface area contributed by atoms with Gasteiger partial charge in [-0.15, -0.1) is 0 Å². The molecule has 0 spiro atoms. The van der Waals surface area contributed by atoms with E-state index in [2.05, 4.69) is 10.3 Å². The molecule has 7 nitrogen and oxygen atoms in total. The van der Waals surface area contributed by atoms with Crippen LogP contribution >= 0.6 is 11.8 Å². The molecular formula is C16H21N3O4S2. The fourth-order valence-corrected chi connectivity index (χ4v) is 5.15. The van der Waals surface area contributed by atoms with Crippen molar-refractivity contribution in [2.24, 2.45) is 4.99 Å². The smallest absolute Gasteiger partial charge is 0.257 e. The molecule has 0 bridgehead atoms. The van der Waals surface area contributed by atoms with Crippen LogP contribution in [0.3, 0.4) is 0 Å². The second-order valence-corrected chi connectivity index (χ2v) is 9.11. The maximum Gasteiger partial charge on any atom is 0.257 e. The van der Waals surface area contributed by atoms with Crippen molar-refractivity contribution in [1.29, 1.82) is 0 Å². The maximum atomic E-state index is 12.8. The zero-order valence-corrected chi connectivity index (χ0v) is 15.8. The van der Waals surface area contributed by atoms with Gasteiger partial charge in [-0.1, -0.05) is 11.8 Å². The molecule has 136 valence electrons. The third-order valence-corrected chi connectivity index (χ3v) is 6.68. The third kappa shape index (κ3) is 4.22. The van der Waals surface area contributed by atoms with E-state index in [9.17, 15) is 13.2 Å². The van der Waals surface area contributed by atoms with E-state index in [1.165, 1.54) is 40.3 Å². The molecule has 1 amide bonds. The van der Waals surface area contributed by atoms with Gasteiger partial charge in [0.1, 0.15) is 0 Å². The maximum absolute atomic E-state index is 12.8. The van der Waals surface area contributed by atoms with E-state index in [0.29, 0.717) is 30.4 Å². The van der Waals surface area contributed by atoms with Gasteiger partial charge in [0.25, 0.3) is 5.91 Å². The lowest BCUT2D eigenvalue weighted by Gasteiger charge is -2.34. The lowest BCUT2D eigenvalue weighted by molar-refractivity contribution is -0.0440. The van der Waals surface area contributed by atoms with Gasteiger partial charge >= 0.3 is 0 Å². The highest BCUT2D eigenvalue weighted by atomic mass is 32.2. The first-order chi connectivity index (χ1) is 11.9. The third-order valence-electron chi connectivity index (χ3n) is 3.95. The lowest BCUT2D eigenvalue weighted by Crippen LogP contribution is -2.48. The standard InChI is InChI=1S/C16H21N3O4S2/c1-11-9-19(10-12(2)23-11)25(21,22)14-5-3-13(4-6-14)15(20)18-16-17-7-8-24-16/h3-6,11-12H,7-10H2,1-2H3,(H,17,18,20). The highest BCUT2D eigenvalue weighted by Gasteiger charge is 2.32. The Morgan fingerprint density at radius 3 is 2.44 bits per heavy atom. The van der Waals surface area contributed by atoms with Crippen LogP contribution < -0.4 is 5.32 Å². The number of thioether (sulfide) groups is 1. The summed E-state index contributed by atoms with van der Waals surface area (Å²) >= 11 is 1.50. The average Bonchev–Trinajstić information content (AvgIpc) is 3.07. The Balaban J connectivity index is 1.73. The number of sulfonamides is 1. The van der Waals surface area contributed by atoms with E-state index >= 15 is 0 Å². The minimum Gasteiger partial charge on any atom is -0.373 e. The van der Waals surface area contributed by atoms with Crippen molar-refractivity contribution >= 4 is 32.9 Å². The first-order valence-electron chi connectivity index (χ1n) is 8.10. The first-order valence-corrected chi connectivity index (χ1v) is 10.5. The fraction of sp³-hybridized carbons (Fsp3) is 0.500. The van der Waals surface area contributed by atoms with Crippen LogP contribution in [-0.4, -0.2) is 61.4 Å². The van der Waals surface area contributed by atoms with Crippen LogP contribution in [0.2, 0.25) is 0 Å². The monoisotopic (exact) mass is 383 g/mol. The van der Waals surface area contributed by atoms with Crippen molar-refractivity contribution in [3.8, 4) is 0 Å². The molecule has 25 heavy (non-hydrogen) atoms. The summed E-state index contributed by atoms with van der Waals surface area (Å²) in [4.78, 5) is 16.5. The van der Waals surface area contributed by atoms with Crippen LogP contribution in [0.4, 0.5) is 0 Å². The number of aliphatic imine (C=N–C) groups is 1. The molecule has 2 aliphatic rings. The molecular weight excluding hydrogens is 362 g/mol. The summed E-state index contributed by atoms with van der Waals surface area (Å²) in [5.74, 6) is 0.578. The van der Waals surface area contributed by atoms with Gasteiger partial charge in [0.15, 0.2) is 5.17 Å². The molecule has 3 rings (SSSR count). The van der Waals surface area contributed by atoms with E-state index in [4.69, 9.17) is 4.74 Å². The molecule has 0 aliphatic carbocycles. The predicted octanol–water partition coefficient (Wildman–Crippen LogP) is 1.32. The summed E-state index contributed by atoms with van der Waals surface area (Å²) in [6.07, 6.45) is -0.290. The van der Waals surface area contributed by atoms with E-state index in [1.807, 2.05) is 13.8 Å². The molecule has 0 radical (unpaired) electrons. The Bertz CT molecular complexity index is 767. The number of morpholine rings is 1. The Kier molecular flexibility index (Phi) is 5.47. The Morgan fingerprint density at radius 1 is 1.24 bits per heavy atom. The number of ether oxygens (including phenoxy) is 1. The number of carbonyl (C=O) groups is 1. The average molecular weight is 383 g/mol. The fourth-order valence-electron chi connectivity index (χ4n) is 2.83. The van der Waals surface area contributed by atoms with E-state index < -0.39 is 10.0 Å². The number of amides is 1. The molecule has 1 aromatic rings. The minimum atomic E-state index is -3.60. The van der Waals surface area contributed by atoms with Gasteiger partial charge in [0, 0.05) is 24.4 Å². The molecule has 1 saturated heterocycles. The number of rotatable bonds is 3. The number of hydrogen-bond acceptors (Lipinski definition) is 6. The summed E-state index contributed by atoms with van der Waals surface area (Å²) in [6, 6.07) is 5.99. The Labute approximate surface area is 151 Å². The number of nitrogens with one attached hydrogen (secondary N) is 1. The molecule has 0 saturated carbocycles. The zero-order valence-electron chi connectivity index (χ0n) is 14.1. The number of hydrogen-bond donors (Lipinski definition) is 1. The second kappa shape index (κ2) is 7.45. The molecule has 2 atom stereocenters. The van der Waals surface area contributed by atoms with Gasteiger partial charge in [0.05, 0.1) is 23.6 Å². The summed E-state index contributed by atoms with van der Waals surface area (Å²) in [6.45, 7) is 5.07. The summed E-state index contributed by atoms with van der Waals surface area (Å²) < 4.78 is 32.6. The number of carbonyl (C=O) groups excluding carboxylic acids is 1. The molecule has 2 heterocycles. The van der Waals surface area contributed by atoms with Gasteiger partial charge in [-0.25, -0.2) is 8.42 Å². The van der Waals surface area contributed by atoms with Gasteiger partial charge < -0.3 is 10.1 Å². The highest BCUT2D eigenvalue weighted by Crippen LogP contribution is 2.21. The summed E-state index contributed by atoms with van der Waals surface area (Å²) in [7, 11) is -3.60. The van der Waals surface area contributed by atoms with E-state index in [0.717, 1.165) is 5.75 Å². The first kappa shape index (κ1) is 18.4. The molecule has 2 unspecified atom stereocenters. The van der Waals surface area contributed by atoms with Crippen molar-refractivity contribution in [2.75, 3.05) is 25.4 Å². The Morgan fingerprint density at radius 2 is 1.88 bits per heavy atom.